The molecule has 2 heterocycles. The van der Waals surface area contributed by atoms with Crippen molar-refractivity contribution < 1.29 is 13.2 Å². The summed E-state index contributed by atoms with van der Waals surface area (Å²) in [6.45, 7) is 4.57. The minimum absolute atomic E-state index is 0.0120. The summed E-state index contributed by atoms with van der Waals surface area (Å²) in [4.78, 5) is 2.86. The molecular formula is C19H28N2O3S. The molecule has 25 heavy (non-hydrogen) atoms. The van der Waals surface area contributed by atoms with Gasteiger partial charge in [-0.15, -0.1) is 0 Å². The highest BCUT2D eigenvalue weighted by Crippen LogP contribution is 2.42. The fourth-order valence-electron chi connectivity index (χ4n) is 4.47. The van der Waals surface area contributed by atoms with Crippen molar-refractivity contribution in [2.75, 3.05) is 32.8 Å². The van der Waals surface area contributed by atoms with Crippen molar-refractivity contribution in [3.8, 4) is 0 Å². The van der Waals surface area contributed by atoms with E-state index >= 15 is 0 Å². The molecule has 1 aromatic carbocycles. The Balaban J connectivity index is 1.26. The van der Waals surface area contributed by atoms with Gasteiger partial charge in [0.2, 0.25) is 10.0 Å². The molecule has 4 rings (SSSR count). The Morgan fingerprint density at radius 1 is 1.16 bits per heavy atom. The Morgan fingerprint density at radius 2 is 1.92 bits per heavy atom. The summed E-state index contributed by atoms with van der Waals surface area (Å²) in [5.74, 6) is 1.36. The second kappa shape index (κ2) is 6.99. The van der Waals surface area contributed by atoms with Gasteiger partial charge in [0.05, 0.1) is 10.5 Å². The number of hydrogen-bond acceptors (Lipinski definition) is 4. The third-order valence-corrected chi connectivity index (χ3v) is 7.64. The largest absolute Gasteiger partial charge is 0.372 e. The molecule has 2 aliphatic heterocycles. The van der Waals surface area contributed by atoms with Crippen molar-refractivity contribution in [3.05, 3.63) is 30.3 Å². The lowest BCUT2D eigenvalue weighted by atomic mass is 9.77. The van der Waals surface area contributed by atoms with Crippen LogP contribution in [0.3, 0.4) is 0 Å². The standard InChI is InChI=1S/C19H28N2O3S/c22-25(23,18-7-2-1-3-8-18)20-11-9-17-10-12-24-19(17)14-21(15-19)13-16-5-4-6-16/h1-3,7-8,16-17,20H,4-6,9-15H2/t17-/m0/s1. The van der Waals surface area contributed by atoms with E-state index in [2.05, 4.69) is 9.62 Å². The number of rotatable bonds is 7. The second-order valence-corrected chi connectivity index (χ2v) is 9.63. The van der Waals surface area contributed by atoms with E-state index in [0.29, 0.717) is 17.4 Å². The van der Waals surface area contributed by atoms with Crippen molar-refractivity contribution >= 4 is 10.0 Å². The topological polar surface area (TPSA) is 58.6 Å². The van der Waals surface area contributed by atoms with Gasteiger partial charge in [0.1, 0.15) is 0 Å². The normalized spacial score (nSPS) is 26.5. The van der Waals surface area contributed by atoms with E-state index in [1.54, 1.807) is 24.3 Å². The van der Waals surface area contributed by atoms with Gasteiger partial charge in [-0.3, -0.25) is 4.90 Å². The Hall–Kier alpha value is -0.950. The van der Waals surface area contributed by atoms with Crippen LogP contribution in [-0.4, -0.2) is 51.7 Å². The number of ether oxygens (including phenoxy) is 1. The van der Waals surface area contributed by atoms with Crippen LogP contribution in [0.1, 0.15) is 32.1 Å². The van der Waals surface area contributed by atoms with Crippen LogP contribution in [0.4, 0.5) is 0 Å². The molecule has 1 N–H and O–H groups in total. The molecular weight excluding hydrogens is 336 g/mol. The van der Waals surface area contributed by atoms with Crippen molar-refractivity contribution in [3.63, 3.8) is 0 Å². The molecule has 3 fully saturated rings. The maximum absolute atomic E-state index is 12.3. The average Bonchev–Trinajstić information content (AvgIpc) is 2.94. The predicted octanol–water partition coefficient (Wildman–Crippen LogP) is 2.25. The summed E-state index contributed by atoms with van der Waals surface area (Å²) < 4.78 is 33.5. The monoisotopic (exact) mass is 364 g/mol. The van der Waals surface area contributed by atoms with Crippen molar-refractivity contribution in [1.82, 2.24) is 9.62 Å². The number of likely N-dealkylation sites (tertiary alicyclic amines) is 1. The molecule has 0 aromatic heterocycles. The molecule has 1 aromatic rings. The lowest BCUT2D eigenvalue weighted by molar-refractivity contribution is -0.139. The number of hydrogen-bond donors (Lipinski definition) is 1. The van der Waals surface area contributed by atoms with Crippen LogP contribution in [0.15, 0.2) is 35.2 Å². The summed E-state index contributed by atoms with van der Waals surface area (Å²) in [5, 5.41) is 0. The lowest BCUT2D eigenvalue weighted by Crippen LogP contribution is -2.65. The van der Waals surface area contributed by atoms with Gasteiger partial charge in [-0.2, -0.15) is 0 Å². The third-order valence-electron chi connectivity index (χ3n) is 6.16. The van der Waals surface area contributed by atoms with E-state index < -0.39 is 10.0 Å². The quantitative estimate of drug-likeness (QED) is 0.806. The van der Waals surface area contributed by atoms with Gasteiger partial charge in [0, 0.05) is 32.8 Å². The molecule has 6 heteroatoms. The van der Waals surface area contributed by atoms with Crippen molar-refractivity contribution in [2.24, 2.45) is 11.8 Å². The van der Waals surface area contributed by atoms with Crippen LogP contribution < -0.4 is 4.72 Å². The summed E-state index contributed by atoms with van der Waals surface area (Å²) in [7, 11) is -3.40. The number of nitrogens with one attached hydrogen (secondary N) is 1. The minimum atomic E-state index is -3.40. The van der Waals surface area contributed by atoms with Gasteiger partial charge in [-0.25, -0.2) is 13.1 Å². The molecule has 1 atom stereocenters. The fraction of sp³-hybridized carbons (Fsp3) is 0.684. The van der Waals surface area contributed by atoms with E-state index in [-0.39, 0.29) is 5.60 Å². The van der Waals surface area contributed by atoms with Crippen LogP contribution >= 0.6 is 0 Å². The summed E-state index contributed by atoms with van der Waals surface area (Å²) in [5.41, 5.74) is -0.0120. The zero-order valence-electron chi connectivity index (χ0n) is 14.7. The van der Waals surface area contributed by atoms with Crippen LogP contribution in [0, 0.1) is 11.8 Å². The molecule has 0 unspecified atom stereocenters. The van der Waals surface area contributed by atoms with Crippen molar-refractivity contribution in [2.45, 2.75) is 42.6 Å². The molecule has 138 valence electrons. The summed E-state index contributed by atoms with van der Waals surface area (Å²) in [6, 6.07) is 8.59. The smallest absolute Gasteiger partial charge is 0.240 e. The van der Waals surface area contributed by atoms with E-state index in [1.807, 2.05) is 6.07 Å². The van der Waals surface area contributed by atoms with Gasteiger partial charge in [-0.1, -0.05) is 24.6 Å². The molecule has 0 radical (unpaired) electrons. The van der Waals surface area contributed by atoms with E-state index in [1.165, 1.54) is 25.8 Å². The first-order valence-electron chi connectivity index (χ1n) is 9.48. The number of benzene rings is 1. The lowest BCUT2D eigenvalue weighted by Gasteiger charge is -2.52. The Morgan fingerprint density at radius 3 is 2.60 bits per heavy atom. The predicted molar refractivity (Wildman–Crippen MR) is 96.8 cm³/mol. The van der Waals surface area contributed by atoms with Crippen LogP contribution in [-0.2, 0) is 14.8 Å². The van der Waals surface area contributed by atoms with Gasteiger partial charge < -0.3 is 4.74 Å². The van der Waals surface area contributed by atoms with Crippen LogP contribution in [0.25, 0.3) is 0 Å². The van der Waals surface area contributed by atoms with Gasteiger partial charge >= 0.3 is 0 Å². The zero-order chi connectivity index (χ0) is 17.3. The summed E-state index contributed by atoms with van der Waals surface area (Å²) >= 11 is 0. The zero-order valence-corrected chi connectivity index (χ0v) is 15.5. The van der Waals surface area contributed by atoms with Crippen LogP contribution in [0.5, 0.6) is 0 Å². The first-order valence-corrected chi connectivity index (χ1v) is 11.0. The Kier molecular flexibility index (Phi) is 4.88. The Labute approximate surface area is 150 Å². The summed E-state index contributed by atoms with van der Waals surface area (Å²) in [6.07, 6.45) is 6.06. The highest BCUT2D eigenvalue weighted by atomic mass is 32.2. The van der Waals surface area contributed by atoms with Gasteiger partial charge in [0.25, 0.3) is 0 Å². The van der Waals surface area contributed by atoms with E-state index in [0.717, 1.165) is 38.5 Å². The molecule has 5 nitrogen and oxygen atoms in total. The third kappa shape index (κ3) is 3.63. The van der Waals surface area contributed by atoms with Crippen LogP contribution in [0.2, 0.25) is 0 Å². The maximum atomic E-state index is 12.3. The molecule has 1 saturated carbocycles. The molecule has 0 bridgehead atoms. The molecule has 0 amide bonds. The first kappa shape index (κ1) is 17.5. The van der Waals surface area contributed by atoms with Gasteiger partial charge in [0.15, 0.2) is 0 Å². The highest BCUT2D eigenvalue weighted by molar-refractivity contribution is 7.89. The number of sulfonamides is 1. The number of nitrogens with zero attached hydrogens (tertiary/aromatic N) is 1. The molecule has 2 saturated heterocycles. The highest BCUT2D eigenvalue weighted by Gasteiger charge is 2.52. The van der Waals surface area contributed by atoms with E-state index in [9.17, 15) is 8.42 Å². The molecule has 1 aliphatic carbocycles. The molecule has 3 aliphatic rings. The fourth-order valence-corrected chi connectivity index (χ4v) is 5.54. The van der Waals surface area contributed by atoms with Gasteiger partial charge in [-0.05, 0) is 49.7 Å². The minimum Gasteiger partial charge on any atom is -0.372 e. The maximum Gasteiger partial charge on any atom is 0.240 e. The SMILES string of the molecule is O=S(=O)(NCC[C@H]1CCOC12CN(CC1CCC1)C2)c1ccccc1. The second-order valence-electron chi connectivity index (χ2n) is 7.86. The van der Waals surface area contributed by atoms with E-state index in [4.69, 9.17) is 4.74 Å². The van der Waals surface area contributed by atoms with Crippen molar-refractivity contribution in [1.29, 1.82) is 0 Å². The first-order chi connectivity index (χ1) is 12.1. The molecule has 1 spiro atoms. The average molecular weight is 365 g/mol. The Bertz CT molecular complexity index is 682.